The molecule has 0 aliphatic carbocycles. The third-order valence-electron chi connectivity index (χ3n) is 4.28. The highest BCUT2D eigenvalue weighted by molar-refractivity contribution is 5.94. The number of rotatable bonds is 6. The molecule has 0 saturated carbocycles. The molecular weight excluding hydrogens is 382 g/mol. The highest BCUT2D eigenvalue weighted by Crippen LogP contribution is 2.13. The second kappa shape index (κ2) is 12.1. The predicted octanol–water partition coefficient (Wildman–Crippen LogP) is 1.88. The minimum absolute atomic E-state index is 0. The first-order chi connectivity index (χ1) is 11.5. The van der Waals surface area contributed by atoms with Crippen molar-refractivity contribution in [3.63, 3.8) is 0 Å². The number of nitrogens with one attached hydrogen (secondary N) is 1. The predicted molar refractivity (Wildman–Crippen MR) is 105 cm³/mol. The van der Waals surface area contributed by atoms with Gasteiger partial charge in [0, 0.05) is 38.3 Å². The van der Waals surface area contributed by atoms with Gasteiger partial charge < -0.3 is 16.0 Å². The summed E-state index contributed by atoms with van der Waals surface area (Å²) in [6, 6.07) is 5.50. The second-order valence-electron chi connectivity index (χ2n) is 5.98. The Labute approximate surface area is 166 Å². The van der Waals surface area contributed by atoms with E-state index in [1.807, 2.05) is 16.7 Å². The molecule has 148 valence electrons. The summed E-state index contributed by atoms with van der Waals surface area (Å²) in [6.07, 6.45) is 1.18. The smallest absolute Gasteiger partial charge is 0.241 e. The standard InChI is InChI=1S/C17H25FN4O2.2ClH/c1-13(17(24)20-15-5-2-4-14(18)12-15)21-8-10-22(11-9-21)16(23)6-3-7-19;;/h2,4-5,12-13H,3,6-11,19H2,1H3,(H,20,24);2*1H. The van der Waals surface area contributed by atoms with Gasteiger partial charge in [-0.2, -0.15) is 0 Å². The van der Waals surface area contributed by atoms with E-state index in [1.54, 1.807) is 12.1 Å². The molecule has 1 fully saturated rings. The summed E-state index contributed by atoms with van der Waals surface area (Å²) in [5.41, 5.74) is 5.87. The van der Waals surface area contributed by atoms with Gasteiger partial charge in [-0.05, 0) is 38.1 Å². The molecule has 1 atom stereocenters. The number of halogens is 3. The van der Waals surface area contributed by atoms with E-state index in [4.69, 9.17) is 5.73 Å². The van der Waals surface area contributed by atoms with Gasteiger partial charge in [-0.15, -0.1) is 24.8 Å². The largest absolute Gasteiger partial charge is 0.340 e. The van der Waals surface area contributed by atoms with Gasteiger partial charge in [0.15, 0.2) is 0 Å². The van der Waals surface area contributed by atoms with Crippen molar-refractivity contribution in [3.05, 3.63) is 30.1 Å². The molecule has 2 amide bonds. The normalized spacial score (nSPS) is 15.4. The molecule has 0 radical (unpaired) electrons. The van der Waals surface area contributed by atoms with Crippen molar-refractivity contribution in [2.24, 2.45) is 5.73 Å². The third kappa shape index (κ3) is 7.07. The van der Waals surface area contributed by atoms with Crippen molar-refractivity contribution in [2.75, 3.05) is 38.0 Å². The van der Waals surface area contributed by atoms with Crippen LogP contribution in [0.5, 0.6) is 0 Å². The lowest BCUT2D eigenvalue weighted by molar-refractivity contribution is -0.133. The van der Waals surface area contributed by atoms with E-state index in [0.717, 1.165) is 0 Å². The van der Waals surface area contributed by atoms with E-state index >= 15 is 0 Å². The average molecular weight is 409 g/mol. The zero-order chi connectivity index (χ0) is 17.5. The number of piperazine rings is 1. The topological polar surface area (TPSA) is 78.7 Å². The highest BCUT2D eigenvalue weighted by atomic mass is 35.5. The van der Waals surface area contributed by atoms with Crippen molar-refractivity contribution in [2.45, 2.75) is 25.8 Å². The number of nitrogens with zero attached hydrogens (tertiary/aromatic N) is 2. The number of benzene rings is 1. The first-order valence-corrected chi connectivity index (χ1v) is 8.29. The molecule has 2 rings (SSSR count). The molecule has 26 heavy (non-hydrogen) atoms. The highest BCUT2D eigenvalue weighted by Gasteiger charge is 2.27. The molecule has 6 nitrogen and oxygen atoms in total. The van der Waals surface area contributed by atoms with Crippen LogP contribution in [-0.4, -0.2) is 60.4 Å². The van der Waals surface area contributed by atoms with Crippen molar-refractivity contribution in [3.8, 4) is 0 Å². The Kier molecular flexibility index (Phi) is 11.4. The maximum Gasteiger partial charge on any atom is 0.241 e. The average Bonchev–Trinajstić information content (AvgIpc) is 2.59. The molecule has 0 bridgehead atoms. The van der Waals surface area contributed by atoms with Crippen LogP contribution in [0.3, 0.4) is 0 Å². The van der Waals surface area contributed by atoms with Crippen molar-refractivity contribution < 1.29 is 14.0 Å². The van der Waals surface area contributed by atoms with Gasteiger partial charge in [0.05, 0.1) is 6.04 Å². The molecule has 9 heteroatoms. The molecule has 1 unspecified atom stereocenters. The Bertz CT molecular complexity index is 584. The lowest BCUT2D eigenvalue weighted by atomic mass is 10.2. The van der Waals surface area contributed by atoms with E-state index in [2.05, 4.69) is 5.32 Å². The number of carbonyl (C=O) groups excluding carboxylic acids is 2. The fraction of sp³-hybridized carbons (Fsp3) is 0.529. The van der Waals surface area contributed by atoms with Crippen molar-refractivity contribution in [1.29, 1.82) is 0 Å². The maximum atomic E-state index is 13.2. The number of hydrogen-bond acceptors (Lipinski definition) is 4. The first kappa shape index (κ1) is 24.6. The van der Waals surface area contributed by atoms with Gasteiger partial charge in [0.1, 0.15) is 5.82 Å². The monoisotopic (exact) mass is 408 g/mol. The number of amides is 2. The van der Waals surface area contributed by atoms with Crippen LogP contribution in [-0.2, 0) is 9.59 Å². The van der Waals surface area contributed by atoms with Crippen molar-refractivity contribution >= 4 is 42.3 Å². The van der Waals surface area contributed by atoms with E-state index < -0.39 is 0 Å². The SMILES string of the molecule is CC(C(=O)Nc1cccc(F)c1)N1CCN(C(=O)CCCN)CC1.Cl.Cl. The van der Waals surface area contributed by atoms with E-state index in [-0.39, 0.29) is 48.5 Å². The van der Waals surface area contributed by atoms with Crippen LogP contribution in [0.2, 0.25) is 0 Å². The summed E-state index contributed by atoms with van der Waals surface area (Å²) in [5, 5.41) is 2.73. The molecular formula is C17H27Cl2FN4O2. The van der Waals surface area contributed by atoms with Gasteiger partial charge in [-0.1, -0.05) is 6.07 Å². The fourth-order valence-corrected chi connectivity index (χ4v) is 2.75. The fourth-order valence-electron chi connectivity index (χ4n) is 2.75. The summed E-state index contributed by atoms with van der Waals surface area (Å²) in [4.78, 5) is 28.1. The number of carbonyl (C=O) groups is 2. The molecule has 1 heterocycles. The minimum Gasteiger partial charge on any atom is -0.340 e. The lowest BCUT2D eigenvalue weighted by Crippen LogP contribution is -2.54. The molecule has 3 N–H and O–H groups in total. The molecule has 0 spiro atoms. The van der Waals surface area contributed by atoms with Gasteiger partial charge >= 0.3 is 0 Å². The molecule has 1 aromatic rings. The quantitative estimate of drug-likeness (QED) is 0.752. The summed E-state index contributed by atoms with van der Waals surface area (Å²) in [6.45, 7) is 4.85. The maximum absolute atomic E-state index is 13.2. The second-order valence-corrected chi connectivity index (χ2v) is 5.98. The van der Waals surface area contributed by atoms with Gasteiger partial charge in [-0.25, -0.2) is 4.39 Å². The summed E-state index contributed by atoms with van der Waals surface area (Å²) in [5.74, 6) is -0.439. The number of anilines is 1. The van der Waals surface area contributed by atoms with Crippen molar-refractivity contribution in [1.82, 2.24) is 9.80 Å². The molecule has 1 aliphatic heterocycles. The van der Waals surface area contributed by atoms with Crippen LogP contribution >= 0.6 is 24.8 Å². The first-order valence-electron chi connectivity index (χ1n) is 8.29. The van der Waals surface area contributed by atoms with Crippen LogP contribution < -0.4 is 11.1 Å². The Morgan fingerprint density at radius 3 is 2.46 bits per heavy atom. The van der Waals surface area contributed by atoms with Gasteiger partial charge in [0.2, 0.25) is 11.8 Å². The Hall–Kier alpha value is -1.41. The van der Waals surface area contributed by atoms with Crippen LogP contribution in [0.15, 0.2) is 24.3 Å². The van der Waals surface area contributed by atoms with Crippen LogP contribution in [0, 0.1) is 5.82 Å². The summed E-state index contributed by atoms with van der Waals surface area (Å²) in [7, 11) is 0. The van der Waals surface area contributed by atoms with E-state index in [1.165, 1.54) is 12.1 Å². The van der Waals surface area contributed by atoms with Gasteiger partial charge in [-0.3, -0.25) is 14.5 Å². The van der Waals surface area contributed by atoms with E-state index in [0.29, 0.717) is 51.3 Å². The van der Waals surface area contributed by atoms with Crippen LogP contribution in [0.4, 0.5) is 10.1 Å². The Balaban J connectivity index is 0.00000312. The Morgan fingerprint density at radius 1 is 1.23 bits per heavy atom. The molecule has 1 aromatic carbocycles. The van der Waals surface area contributed by atoms with Crippen LogP contribution in [0.1, 0.15) is 19.8 Å². The number of nitrogens with two attached hydrogens (primary N) is 1. The molecule has 1 saturated heterocycles. The van der Waals surface area contributed by atoms with Gasteiger partial charge in [0.25, 0.3) is 0 Å². The molecule has 0 aromatic heterocycles. The van der Waals surface area contributed by atoms with E-state index in [9.17, 15) is 14.0 Å². The summed E-state index contributed by atoms with van der Waals surface area (Å²) < 4.78 is 13.2. The zero-order valence-corrected chi connectivity index (χ0v) is 16.5. The van der Waals surface area contributed by atoms with Crippen LogP contribution in [0.25, 0.3) is 0 Å². The lowest BCUT2D eigenvalue weighted by Gasteiger charge is -2.37. The zero-order valence-electron chi connectivity index (χ0n) is 14.8. The summed E-state index contributed by atoms with van der Waals surface area (Å²) >= 11 is 0. The molecule has 1 aliphatic rings. The number of hydrogen-bond donors (Lipinski definition) is 2. The third-order valence-corrected chi connectivity index (χ3v) is 4.28. The Morgan fingerprint density at radius 2 is 1.88 bits per heavy atom. The minimum atomic E-state index is -0.384.